The first-order chi connectivity index (χ1) is 11.9. The summed E-state index contributed by atoms with van der Waals surface area (Å²) in [5.74, 6) is 0.164. The van der Waals surface area contributed by atoms with Crippen molar-refractivity contribution in [3.63, 3.8) is 0 Å². The number of hydrogen-bond acceptors (Lipinski definition) is 4. The van der Waals surface area contributed by atoms with Crippen LogP contribution in [0.1, 0.15) is 15.9 Å². The van der Waals surface area contributed by atoms with Crippen LogP contribution in [0.2, 0.25) is 5.02 Å². The fraction of sp³-hybridized carbons (Fsp3) is 0.176. The maximum atomic E-state index is 12.3. The molecular formula is C17H16ClIN2O4. The molecule has 8 heteroatoms. The largest absolute Gasteiger partial charge is 0.493 e. The van der Waals surface area contributed by atoms with Gasteiger partial charge in [-0.25, -0.2) is 0 Å². The summed E-state index contributed by atoms with van der Waals surface area (Å²) in [5, 5.41) is 0.598. The minimum atomic E-state index is -0.449. The van der Waals surface area contributed by atoms with E-state index in [0.29, 0.717) is 25.7 Å². The predicted octanol–water partition coefficient (Wildman–Crippen LogP) is 2.97. The van der Waals surface area contributed by atoms with Gasteiger partial charge in [0.15, 0.2) is 11.5 Å². The second-order valence-electron chi connectivity index (χ2n) is 4.99. The number of hydrazine groups is 1. The molecule has 0 spiro atoms. The van der Waals surface area contributed by atoms with E-state index in [1.54, 1.807) is 36.4 Å². The van der Waals surface area contributed by atoms with Crippen LogP contribution in [-0.4, -0.2) is 26.0 Å². The molecule has 0 heterocycles. The molecule has 0 aliphatic carbocycles. The van der Waals surface area contributed by atoms with Crippen LogP contribution in [0.25, 0.3) is 0 Å². The molecule has 2 amide bonds. The molecule has 0 aliphatic rings. The monoisotopic (exact) mass is 474 g/mol. The highest BCUT2D eigenvalue weighted by atomic mass is 127. The zero-order valence-electron chi connectivity index (χ0n) is 13.6. The minimum Gasteiger partial charge on any atom is -0.493 e. The van der Waals surface area contributed by atoms with Gasteiger partial charge in [0.2, 0.25) is 5.91 Å². The summed E-state index contributed by atoms with van der Waals surface area (Å²) >= 11 is 7.82. The average molecular weight is 475 g/mol. The first-order valence-electron chi connectivity index (χ1n) is 7.19. The van der Waals surface area contributed by atoms with Crippen LogP contribution in [0.4, 0.5) is 0 Å². The number of nitrogens with one attached hydrogen (secondary N) is 2. The zero-order chi connectivity index (χ0) is 18.4. The number of hydrogen-bond donors (Lipinski definition) is 2. The van der Waals surface area contributed by atoms with Crippen LogP contribution in [0, 0.1) is 3.57 Å². The molecule has 0 atom stereocenters. The number of carbonyl (C=O) groups excluding carboxylic acids is 2. The minimum absolute atomic E-state index is 0.125. The lowest BCUT2D eigenvalue weighted by atomic mass is 10.1. The lowest BCUT2D eigenvalue weighted by Crippen LogP contribution is -2.42. The van der Waals surface area contributed by atoms with Gasteiger partial charge >= 0.3 is 0 Å². The lowest BCUT2D eigenvalue weighted by Gasteiger charge is -2.12. The average Bonchev–Trinajstić information content (AvgIpc) is 2.61. The molecule has 25 heavy (non-hydrogen) atoms. The van der Waals surface area contributed by atoms with Gasteiger partial charge in [-0.05, 0) is 52.4 Å². The third-order valence-corrected chi connectivity index (χ3v) is 4.46. The molecule has 2 aromatic carbocycles. The van der Waals surface area contributed by atoms with E-state index >= 15 is 0 Å². The van der Waals surface area contributed by atoms with Gasteiger partial charge in [-0.15, -0.1) is 0 Å². The van der Waals surface area contributed by atoms with Crippen molar-refractivity contribution in [3.05, 3.63) is 56.1 Å². The molecule has 0 bridgehead atoms. The van der Waals surface area contributed by atoms with E-state index < -0.39 is 5.91 Å². The van der Waals surface area contributed by atoms with Crippen LogP contribution in [0.5, 0.6) is 11.5 Å². The number of amides is 2. The van der Waals surface area contributed by atoms with Crippen LogP contribution in [0.15, 0.2) is 36.4 Å². The Bertz CT molecular complexity index is 781. The van der Waals surface area contributed by atoms with Crippen molar-refractivity contribution in [1.82, 2.24) is 10.9 Å². The Hall–Kier alpha value is -2.00. The summed E-state index contributed by atoms with van der Waals surface area (Å²) in [6, 6.07) is 10.1. The topological polar surface area (TPSA) is 76.7 Å². The number of carbonyl (C=O) groups is 2. The van der Waals surface area contributed by atoms with Crippen molar-refractivity contribution in [2.75, 3.05) is 14.2 Å². The number of halogens is 2. The molecule has 0 unspecified atom stereocenters. The Kier molecular flexibility index (Phi) is 6.89. The van der Waals surface area contributed by atoms with Gasteiger partial charge in [0, 0.05) is 8.59 Å². The van der Waals surface area contributed by atoms with Gasteiger partial charge in [-0.2, -0.15) is 0 Å². The molecule has 0 saturated heterocycles. The van der Waals surface area contributed by atoms with E-state index in [1.165, 1.54) is 14.2 Å². The van der Waals surface area contributed by atoms with Gasteiger partial charge in [0.1, 0.15) is 0 Å². The van der Waals surface area contributed by atoms with E-state index in [9.17, 15) is 9.59 Å². The van der Waals surface area contributed by atoms with Gasteiger partial charge in [0.25, 0.3) is 5.91 Å². The summed E-state index contributed by atoms with van der Waals surface area (Å²) in [7, 11) is 3.00. The van der Waals surface area contributed by atoms with E-state index in [1.807, 2.05) is 22.6 Å². The molecule has 0 fully saturated rings. The Morgan fingerprint density at radius 1 is 1.04 bits per heavy atom. The Balaban J connectivity index is 2.00. The van der Waals surface area contributed by atoms with Crippen molar-refractivity contribution in [2.24, 2.45) is 0 Å². The van der Waals surface area contributed by atoms with Crippen LogP contribution >= 0.6 is 34.2 Å². The smallest absolute Gasteiger partial charge is 0.270 e. The number of ether oxygens (including phenoxy) is 2. The van der Waals surface area contributed by atoms with Gasteiger partial charge in [-0.1, -0.05) is 23.7 Å². The highest BCUT2D eigenvalue weighted by molar-refractivity contribution is 14.1. The third kappa shape index (κ3) is 5.23. The summed E-state index contributed by atoms with van der Waals surface area (Å²) < 4.78 is 11.0. The molecule has 0 radical (unpaired) electrons. The van der Waals surface area contributed by atoms with E-state index in [0.717, 1.165) is 5.56 Å². The molecule has 132 valence electrons. The number of benzene rings is 2. The number of methoxy groups -OCH3 is 2. The van der Waals surface area contributed by atoms with Crippen LogP contribution < -0.4 is 20.3 Å². The molecular weight excluding hydrogens is 459 g/mol. The summed E-state index contributed by atoms with van der Waals surface area (Å²) in [6.45, 7) is 0. The van der Waals surface area contributed by atoms with Crippen molar-refractivity contribution in [3.8, 4) is 11.5 Å². The van der Waals surface area contributed by atoms with Crippen LogP contribution in [-0.2, 0) is 11.2 Å². The first kappa shape index (κ1) is 19.3. The predicted molar refractivity (Wildman–Crippen MR) is 103 cm³/mol. The van der Waals surface area contributed by atoms with Gasteiger partial charge in [-0.3, -0.25) is 20.4 Å². The quantitative estimate of drug-likeness (QED) is 0.516. The van der Waals surface area contributed by atoms with E-state index in [2.05, 4.69) is 10.9 Å². The molecule has 2 rings (SSSR count). The fourth-order valence-electron chi connectivity index (χ4n) is 2.05. The Labute approximate surface area is 163 Å². The fourth-order valence-corrected chi connectivity index (χ4v) is 2.86. The van der Waals surface area contributed by atoms with E-state index in [-0.39, 0.29) is 12.3 Å². The zero-order valence-corrected chi connectivity index (χ0v) is 16.5. The highest BCUT2D eigenvalue weighted by Crippen LogP contribution is 2.31. The molecule has 2 aromatic rings. The van der Waals surface area contributed by atoms with Gasteiger partial charge < -0.3 is 9.47 Å². The van der Waals surface area contributed by atoms with Crippen LogP contribution in [0.3, 0.4) is 0 Å². The summed E-state index contributed by atoms with van der Waals surface area (Å²) in [6.07, 6.45) is 0.125. The molecule has 0 aromatic heterocycles. The van der Waals surface area contributed by atoms with Gasteiger partial charge in [0.05, 0.1) is 26.2 Å². The first-order valence-corrected chi connectivity index (χ1v) is 8.65. The standard InChI is InChI=1S/C17H16ClIN2O4/c1-24-14-8-12(13(19)9-15(14)25-2)17(23)21-20-16(22)7-10-3-5-11(18)6-4-10/h3-6,8-9H,7H2,1-2H3,(H,20,22)(H,21,23). The maximum absolute atomic E-state index is 12.3. The maximum Gasteiger partial charge on any atom is 0.270 e. The molecule has 0 saturated carbocycles. The van der Waals surface area contributed by atoms with Crippen molar-refractivity contribution in [1.29, 1.82) is 0 Å². The Morgan fingerprint density at radius 3 is 2.24 bits per heavy atom. The summed E-state index contributed by atoms with van der Waals surface area (Å²) in [4.78, 5) is 24.2. The van der Waals surface area contributed by atoms with E-state index in [4.69, 9.17) is 21.1 Å². The van der Waals surface area contributed by atoms with Crippen molar-refractivity contribution >= 4 is 46.0 Å². The summed E-state index contributed by atoms with van der Waals surface area (Å²) in [5.41, 5.74) is 5.94. The second-order valence-corrected chi connectivity index (χ2v) is 6.59. The lowest BCUT2D eigenvalue weighted by molar-refractivity contribution is -0.121. The third-order valence-electron chi connectivity index (χ3n) is 3.31. The SMILES string of the molecule is COc1cc(I)c(C(=O)NNC(=O)Cc2ccc(Cl)cc2)cc1OC. The second kappa shape index (κ2) is 8.91. The highest BCUT2D eigenvalue weighted by Gasteiger charge is 2.16. The molecule has 6 nitrogen and oxygen atoms in total. The van der Waals surface area contributed by atoms with Crippen molar-refractivity contribution < 1.29 is 19.1 Å². The number of rotatable bonds is 5. The normalized spacial score (nSPS) is 10.1. The Morgan fingerprint density at radius 2 is 1.64 bits per heavy atom. The molecule has 0 aliphatic heterocycles. The van der Waals surface area contributed by atoms with Crippen molar-refractivity contribution in [2.45, 2.75) is 6.42 Å². The molecule has 2 N–H and O–H groups in total.